The van der Waals surface area contributed by atoms with Crippen LogP contribution in [0.5, 0.6) is 0 Å². The van der Waals surface area contributed by atoms with Crippen LogP contribution in [0.4, 0.5) is 4.79 Å². The summed E-state index contributed by atoms with van der Waals surface area (Å²) in [4.78, 5) is 28.1. The zero-order chi connectivity index (χ0) is 19.2. The summed E-state index contributed by atoms with van der Waals surface area (Å²) in [6.45, 7) is 7.62. The average molecular weight is 358 g/mol. The lowest BCUT2D eigenvalue weighted by molar-refractivity contribution is -0.127. The number of carbonyl (C=O) groups is 2. The van der Waals surface area contributed by atoms with Gasteiger partial charge in [-0.05, 0) is 51.2 Å². The Bertz CT molecular complexity index is 634. The van der Waals surface area contributed by atoms with Crippen molar-refractivity contribution in [1.82, 2.24) is 9.80 Å². The van der Waals surface area contributed by atoms with E-state index in [1.165, 1.54) is 0 Å². The van der Waals surface area contributed by atoms with E-state index in [-0.39, 0.29) is 17.9 Å². The highest BCUT2D eigenvalue weighted by Crippen LogP contribution is 2.19. The van der Waals surface area contributed by atoms with Crippen molar-refractivity contribution in [2.24, 2.45) is 5.92 Å². The molecule has 1 aliphatic heterocycles. The maximum atomic E-state index is 12.5. The van der Waals surface area contributed by atoms with Crippen LogP contribution in [0.2, 0.25) is 0 Å². The second-order valence-electron chi connectivity index (χ2n) is 7.90. The van der Waals surface area contributed by atoms with Crippen molar-refractivity contribution in [3.8, 4) is 0 Å². The average Bonchev–Trinajstić information content (AvgIpc) is 2.59. The largest absolute Gasteiger partial charge is 0.444 e. The van der Waals surface area contributed by atoms with Gasteiger partial charge in [-0.3, -0.25) is 4.79 Å². The normalized spacial score (nSPS) is 18.0. The molecule has 1 heterocycles. The quantitative estimate of drug-likeness (QED) is 0.769. The zero-order valence-electron chi connectivity index (χ0n) is 16.3. The number of likely N-dealkylation sites (tertiary alicyclic amines) is 1. The SMILES string of the molecule is CN(CC1CCCN(C(=O)/C=C/c2ccccc2)C1)C(=O)OC(C)(C)C. The molecule has 26 heavy (non-hydrogen) atoms. The minimum atomic E-state index is -0.498. The van der Waals surface area contributed by atoms with Crippen LogP contribution in [0.15, 0.2) is 36.4 Å². The second-order valence-corrected chi connectivity index (χ2v) is 7.90. The van der Waals surface area contributed by atoms with E-state index in [0.717, 1.165) is 24.9 Å². The minimum absolute atomic E-state index is 0.0264. The second kappa shape index (κ2) is 8.88. The third-order valence-electron chi connectivity index (χ3n) is 4.29. The molecule has 142 valence electrons. The Kier molecular flexibility index (Phi) is 6.83. The molecule has 1 aromatic carbocycles. The lowest BCUT2D eigenvalue weighted by Crippen LogP contribution is -2.44. The fraction of sp³-hybridized carbons (Fsp3) is 0.524. The standard InChI is InChI=1S/C21H30N2O3/c1-21(2,3)26-20(25)22(4)15-18-11-8-14-23(16-18)19(24)13-12-17-9-6-5-7-10-17/h5-7,9-10,12-13,18H,8,11,14-16H2,1-4H3/b13-12+. The van der Waals surface area contributed by atoms with E-state index in [1.54, 1.807) is 18.0 Å². The van der Waals surface area contributed by atoms with Gasteiger partial charge in [0, 0.05) is 32.8 Å². The Morgan fingerprint density at radius 2 is 1.96 bits per heavy atom. The first kappa shape index (κ1) is 20.0. The molecule has 1 saturated heterocycles. The van der Waals surface area contributed by atoms with Gasteiger partial charge < -0.3 is 14.5 Å². The molecule has 0 spiro atoms. The molecule has 5 heteroatoms. The van der Waals surface area contributed by atoms with Crippen LogP contribution in [0.3, 0.4) is 0 Å². The number of piperidine rings is 1. The van der Waals surface area contributed by atoms with Gasteiger partial charge in [0.2, 0.25) is 5.91 Å². The monoisotopic (exact) mass is 358 g/mol. The molecule has 1 unspecified atom stereocenters. The third-order valence-corrected chi connectivity index (χ3v) is 4.29. The minimum Gasteiger partial charge on any atom is -0.444 e. The summed E-state index contributed by atoms with van der Waals surface area (Å²) in [7, 11) is 1.75. The van der Waals surface area contributed by atoms with Crippen LogP contribution in [-0.2, 0) is 9.53 Å². The molecule has 1 aliphatic rings. The maximum absolute atomic E-state index is 12.5. The number of rotatable bonds is 4. The van der Waals surface area contributed by atoms with Crippen LogP contribution in [0.1, 0.15) is 39.2 Å². The Morgan fingerprint density at radius 3 is 2.62 bits per heavy atom. The first-order valence-electron chi connectivity index (χ1n) is 9.21. The van der Waals surface area contributed by atoms with Gasteiger partial charge in [0.05, 0.1) is 0 Å². The molecular formula is C21H30N2O3. The van der Waals surface area contributed by atoms with Gasteiger partial charge in [0.15, 0.2) is 0 Å². The number of benzene rings is 1. The number of nitrogens with zero attached hydrogens (tertiary/aromatic N) is 2. The summed E-state index contributed by atoms with van der Waals surface area (Å²) < 4.78 is 5.40. The molecule has 0 aliphatic carbocycles. The van der Waals surface area contributed by atoms with E-state index in [1.807, 2.05) is 62.1 Å². The highest BCUT2D eigenvalue weighted by Gasteiger charge is 2.26. The molecule has 0 radical (unpaired) electrons. The van der Waals surface area contributed by atoms with Gasteiger partial charge >= 0.3 is 6.09 Å². The molecule has 1 atom stereocenters. The van der Waals surface area contributed by atoms with E-state index < -0.39 is 5.60 Å². The van der Waals surface area contributed by atoms with Gasteiger partial charge in [0.25, 0.3) is 0 Å². The van der Waals surface area contributed by atoms with Crippen LogP contribution in [-0.4, -0.2) is 54.1 Å². The van der Waals surface area contributed by atoms with Crippen molar-refractivity contribution in [3.05, 3.63) is 42.0 Å². The fourth-order valence-corrected chi connectivity index (χ4v) is 3.05. The van der Waals surface area contributed by atoms with Crippen molar-refractivity contribution >= 4 is 18.1 Å². The van der Waals surface area contributed by atoms with Gasteiger partial charge in [-0.15, -0.1) is 0 Å². The van der Waals surface area contributed by atoms with E-state index in [9.17, 15) is 9.59 Å². The van der Waals surface area contributed by atoms with Crippen molar-refractivity contribution < 1.29 is 14.3 Å². The van der Waals surface area contributed by atoms with Crippen molar-refractivity contribution in [2.75, 3.05) is 26.7 Å². The first-order chi connectivity index (χ1) is 12.2. The van der Waals surface area contributed by atoms with Crippen molar-refractivity contribution in [3.63, 3.8) is 0 Å². The molecular weight excluding hydrogens is 328 g/mol. The first-order valence-corrected chi connectivity index (χ1v) is 9.21. The van der Waals surface area contributed by atoms with E-state index in [4.69, 9.17) is 4.74 Å². The Balaban J connectivity index is 1.87. The van der Waals surface area contributed by atoms with Gasteiger partial charge in [-0.1, -0.05) is 30.3 Å². The van der Waals surface area contributed by atoms with E-state index in [2.05, 4.69) is 0 Å². The van der Waals surface area contributed by atoms with Gasteiger partial charge in [0.1, 0.15) is 5.60 Å². The van der Waals surface area contributed by atoms with Gasteiger partial charge in [-0.2, -0.15) is 0 Å². The fourth-order valence-electron chi connectivity index (χ4n) is 3.05. The summed E-state index contributed by atoms with van der Waals surface area (Å²) >= 11 is 0. The Labute approximate surface area is 156 Å². The highest BCUT2D eigenvalue weighted by molar-refractivity contribution is 5.91. The Hall–Kier alpha value is -2.30. The molecule has 2 rings (SSSR count). The maximum Gasteiger partial charge on any atom is 0.410 e. The molecule has 1 aromatic rings. The predicted octanol–water partition coefficient (Wildman–Crippen LogP) is 3.81. The summed E-state index contributed by atoms with van der Waals surface area (Å²) in [5.74, 6) is 0.300. The molecule has 0 aromatic heterocycles. The lowest BCUT2D eigenvalue weighted by Gasteiger charge is -2.34. The molecule has 0 bridgehead atoms. The summed E-state index contributed by atoms with van der Waals surface area (Å²) in [5.41, 5.74) is 0.515. The van der Waals surface area contributed by atoms with Crippen LogP contribution >= 0.6 is 0 Å². The summed E-state index contributed by atoms with van der Waals surface area (Å²) in [6.07, 6.45) is 5.13. The highest BCUT2D eigenvalue weighted by atomic mass is 16.6. The van der Waals surface area contributed by atoms with Crippen molar-refractivity contribution in [2.45, 2.75) is 39.2 Å². The zero-order valence-corrected chi connectivity index (χ0v) is 16.3. The summed E-state index contributed by atoms with van der Waals surface area (Å²) in [6, 6.07) is 9.80. The summed E-state index contributed by atoms with van der Waals surface area (Å²) in [5, 5.41) is 0. The number of hydrogen-bond donors (Lipinski definition) is 0. The van der Waals surface area contributed by atoms with E-state index >= 15 is 0 Å². The molecule has 5 nitrogen and oxygen atoms in total. The van der Waals surface area contributed by atoms with Gasteiger partial charge in [-0.25, -0.2) is 4.79 Å². The van der Waals surface area contributed by atoms with E-state index in [0.29, 0.717) is 13.1 Å². The Morgan fingerprint density at radius 1 is 1.27 bits per heavy atom. The molecule has 0 saturated carbocycles. The third kappa shape index (κ3) is 6.54. The van der Waals surface area contributed by atoms with Crippen LogP contribution < -0.4 is 0 Å². The number of hydrogen-bond acceptors (Lipinski definition) is 3. The number of amides is 2. The van der Waals surface area contributed by atoms with Crippen molar-refractivity contribution in [1.29, 1.82) is 0 Å². The predicted molar refractivity (Wildman–Crippen MR) is 104 cm³/mol. The molecule has 0 N–H and O–H groups in total. The lowest BCUT2D eigenvalue weighted by atomic mass is 9.97. The number of ether oxygens (including phenoxy) is 1. The van der Waals surface area contributed by atoms with Crippen LogP contribution in [0.25, 0.3) is 6.08 Å². The number of carbonyl (C=O) groups excluding carboxylic acids is 2. The van der Waals surface area contributed by atoms with Crippen LogP contribution in [0, 0.1) is 5.92 Å². The molecule has 2 amide bonds. The smallest absolute Gasteiger partial charge is 0.410 e. The molecule has 1 fully saturated rings. The topological polar surface area (TPSA) is 49.9 Å².